The van der Waals surface area contributed by atoms with Crippen molar-refractivity contribution in [1.82, 2.24) is 9.80 Å². The lowest BCUT2D eigenvalue weighted by Gasteiger charge is -2.55. The van der Waals surface area contributed by atoms with Gasteiger partial charge in [0.25, 0.3) is 0 Å². The van der Waals surface area contributed by atoms with Crippen LogP contribution in [0.5, 0.6) is 0 Å². The van der Waals surface area contributed by atoms with Crippen molar-refractivity contribution in [3.05, 3.63) is 0 Å². The zero-order valence-electron chi connectivity index (χ0n) is 15.9. The summed E-state index contributed by atoms with van der Waals surface area (Å²) < 4.78 is 0. The van der Waals surface area contributed by atoms with Crippen molar-refractivity contribution in [3.63, 3.8) is 0 Å². The maximum atomic E-state index is 2.99. The van der Waals surface area contributed by atoms with Gasteiger partial charge >= 0.3 is 0 Å². The Kier molecular flexibility index (Phi) is 4.29. The zero-order chi connectivity index (χ0) is 16.2. The molecule has 23 heavy (non-hydrogen) atoms. The molecule has 1 saturated carbocycles. The van der Waals surface area contributed by atoms with E-state index < -0.39 is 0 Å². The minimum absolute atomic E-state index is 0.428. The molecule has 5 fully saturated rings. The molecule has 2 nitrogen and oxygen atoms in total. The zero-order valence-corrected chi connectivity index (χ0v) is 15.9. The highest BCUT2D eigenvalue weighted by atomic mass is 15.3. The highest BCUT2D eigenvalue weighted by Crippen LogP contribution is 2.47. The van der Waals surface area contributed by atoms with E-state index >= 15 is 0 Å². The van der Waals surface area contributed by atoms with Crippen LogP contribution < -0.4 is 0 Å². The van der Waals surface area contributed by atoms with Gasteiger partial charge in [0.2, 0.25) is 0 Å². The molecular weight excluding hydrogens is 280 g/mol. The Morgan fingerprint density at radius 2 is 1.57 bits per heavy atom. The molecule has 5 rings (SSSR count). The van der Waals surface area contributed by atoms with E-state index in [4.69, 9.17) is 0 Å². The Balaban J connectivity index is 1.44. The van der Waals surface area contributed by atoms with Gasteiger partial charge in [0.15, 0.2) is 0 Å². The van der Waals surface area contributed by atoms with E-state index in [1.807, 2.05) is 0 Å². The van der Waals surface area contributed by atoms with Gasteiger partial charge in [0.05, 0.1) is 0 Å². The van der Waals surface area contributed by atoms with Gasteiger partial charge in [-0.25, -0.2) is 0 Å². The summed E-state index contributed by atoms with van der Waals surface area (Å²) in [5, 5.41) is 0. The first kappa shape index (κ1) is 16.4. The van der Waals surface area contributed by atoms with Crippen LogP contribution in [0.15, 0.2) is 0 Å². The van der Waals surface area contributed by atoms with E-state index in [9.17, 15) is 0 Å². The number of fused-ring (bicyclic) bond motifs is 5. The Hall–Kier alpha value is -0.0800. The largest absolute Gasteiger partial charge is 0.298 e. The van der Waals surface area contributed by atoms with E-state index in [1.165, 1.54) is 64.3 Å². The topological polar surface area (TPSA) is 6.48 Å². The fraction of sp³-hybridized carbons (Fsp3) is 1.00. The van der Waals surface area contributed by atoms with Gasteiger partial charge in [0, 0.05) is 36.3 Å². The van der Waals surface area contributed by atoms with E-state index in [0.717, 1.165) is 36.0 Å². The Bertz CT molecular complexity index is 414. The Labute approximate surface area is 144 Å². The summed E-state index contributed by atoms with van der Waals surface area (Å²) in [7, 11) is 0. The molecule has 132 valence electrons. The van der Waals surface area contributed by atoms with Crippen LogP contribution in [0.1, 0.15) is 85.5 Å². The molecule has 4 aliphatic heterocycles. The Morgan fingerprint density at radius 1 is 0.913 bits per heavy atom. The van der Waals surface area contributed by atoms with Gasteiger partial charge in [0.1, 0.15) is 0 Å². The summed E-state index contributed by atoms with van der Waals surface area (Å²) in [4.78, 5) is 5.79. The van der Waals surface area contributed by atoms with Gasteiger partial charge in [-0.3, -0.25) is 9.80 Å². The summed E-state index contributed by atoms with van der Waals surface area (Å²) in [6.07, 6.45) is 13.3. The number of hydrogen-bond acceptors (Lipinski definition) is 2. The molecule has 0 aromatic carbocycles. The van der Waals surface area contributed by atoms with E-state index in [2.05, 4.69) is 37.5 Å². The number of hydrogen-bond donors (Lipinski definition) is 0. The molecule has 5 unspecified atom stereocenters. The van der Waals surface area contributed by atoms with Gasteiger partial charge in [-0.05, 0) is 90.9 Å². The first-order chi connectivity index (χ1) is 11.0. The van der Waals surface area contributed by atoms with E-state index in [1.54, 1.807) is 0 Å². The normalized spacial score (nSPS) is 41.9. The van der Waals surface area contributed by atoms with Crippen LogP contribution in [0.2, 0.25) is 0 Å². The predicted molar refractivity (Wildman–Crippen MR) is 97.7 cm³/mol. The monoisotopic (exact) mass is 318 g/mol. The molecule has 1 aliphatic carbocycles. The van der Waals surface area contributed by atoms with E-state index in [-0.39, 0.29) is 0 Å². The third-order valence-electron chi connectivity index (χ3n) is 7.85. The molecule has 0 aromatic heterocycles. The van der Waals surface area contributed by atoms with Crippen LogP contribution in [0.3, 0.4) is 0 Å². The molecule has 0 radical (unpaired) electrons. The first-order valence-electron chi connectivity index (χ1n) is 10.5. The standard InChI is InChI=1S/C21H38N2/c1-15(2)22-14-16-8-9-20(22)12-17(16)13-21(3,4)23-18-6-5-7-19(23)11-10-18/h15-20H,5-14H2,1-4H3. The van der Waals surface area contributed by atoms with Gasteiger partial charge in [-0.2, -0.15) is 0 Å². The summed E-state index contributed by atoms with van der Waals surface area (Å²) in [5.74, 6) is 1.96. The Morgan fingerprint density at radius 3 is 2.13 bits per heavy atom. The van der Waals surface area contributed by atoms with E-state index in [0.29, 0.717) is 5.54 Å². The molecule has 4 heterocycles. The second-order valence-corrected chi connectivity index (χ2v) is 10.0. The third kappa shape index (κ3) is 2.88. The van der Waals surface area contributed by atoms with Gasteiger partial charge in [-0.1, -0.05) is 6.42 Å². The van der Waals surface area contributed by atoms with Gasteiger partial charge in [-0.15, -0.1) is 0 Å². The maximum Gasteiger partial charge on any atom is 0.0161 e. The molecule has 5 aliphatic rings. The van der Waals surface area contributed by atoms with Crippen LogP contribution in [0.25, 0.3) is 0 Å². The lowest BCUT2D eigenvalue weighted by Crippen LogP contribution is -2.58. The molecule has 0 amide bonds. The van der Waals surface area contributed by atoms with Crippen LogP contribution in [-0.4, -0.2) is 46.1 Å². The van der Waals surface area contributed by atoms with Crippen molar-refractivity contribution in [1.29, 1.82) is 0 Å². The fourth-order valence-electron chi connectivity index (χ4n) is 7.00. The molecule has 4 saturated heterocycles. The van der Waals surface area contributed by atoms with Crippen LogP contribution >= 0.6 is 0 Å². The lowest BCUT2D eigenvalue weighted by molar-refractivity contribution is -0.0479. The average Bonchev–Trinajstić information content (AvgIpc) is 2.79. The molecule has 5 atom stereocenters. The lowest BCUT2D eigenvalue weighted by atomic mass is 9.67. The van der Waals surface area contributed by atoms with Crippen molar-refractivity contribution in [2.45, 2.75) is 115 Å². The minimum atomic E-state index is 0.428. The minimum Gasteiger partial charge on any atom is -0.298 e. The van der Waals surface area contributed by atoms with Crippen molar-refractivity contribution in [3.8, 4) is 0 Å². The predicted octanol–water partition coefficient (Wildman–Crippen LogP) is 4.68. The number of nitrogens with zero attached hydrogens (tertiary/aromatic N) is 2. The summed E-state index contributed by atoms with van der Waals surface area (Å²) in [6.45, 7) is 11.3. The van der Waals surface area contributed by atoms with Crippen LogP contribution in [0, 0.1) is 11.8 Å². The summed E-state index contributed by atoms with van der Waals surface area (Å²) in [6, 6.07) is 3.46. The molecule has 4 bridgehead atoms. The molecule has 0 spiro atoms. The van der Waals surface area contributed by atoms with Crippen molar-refractivity contribution in [2.75, 3.05) is 6.54 Å². The maximum absolute atomic E-state index is 2.99. The highest BCUT2D eigenvalue weighted by molar-refractivity contribution is 5.02. The molecule has 2 heteroatoms. The first-order valence-corrected chi connectivity index (χ1v) is 10.5. The third-order valence-corrected chi connectivity index (χ3v) is 7.85. The summed E-state index contributed by atoms with van der Waals surface area (Å²) in [5.41, 5.74) is 0.428. The van der Waals surface area contributed by atoms with Crippen molar-refractivity contribution < 1.29 is 0 Å². The molecular formula is C21H38N2. The summed E-state index contributed by atoms with van der Waals surface area (Å²) >= 11 is 0. The quantitative estimate of drug-likeness (QED) is 0.742. The van der Waals surface area contributed by atoms with Gasteiger partial charge < -0.3 is 0 Å². The highest BCUT2D eigenvalue weighted by Gasteiger charge is 2.48. The number of piperidine rings is 3. The molecule has 0 aromatic rings. The van der Waals surface area contributed by atoms with Crippen molar-refractivity contribution in [2.24, 2.45) is 11.8 Å². The SMILES string of the molecule is CC(C)N1CC2CCC1CC2CC(C)(C)N1C2CCCC1CC2. The smallest absolute Gasteiger partial charge is 0.0161 e. The molecule has 0 N–H and O–H groups in total. The second kappa shape index (κ2) is 6.02. The number of rotatable bonds is 4. The average molecular weight is 319 g/mol. The fourth-order valence-corrected chi connectivity index (χ4v) is 7.00. The van der Waals surface area contributed by atoms with Crippen LogP contribution in [0.4, 0.5) is 0 Å². The van der Waals surface area contributed by atoms with Crippen molar-refractivity contribution >= 4 is 0 Å². The van der Waals surface area contributed by atoms with Crippen LogP contribution in [-0.2, 0) is 0 Å². The second-order valence-electron chi connectivity index (χ2n) is 10.0.